The lowest BCUT2D eigenvalue weighted by molar-refractivity contribution is -0.386. The zero-order valence-corrected chi connectivity index (χ0v) is 17.6. The molecule has 0 radical (unpaired) electrons. The SMILES string of the molecule is C[Si](C)(C)OC12CCCCC1C(c1ccccc1)OC(c1ccccc1)O2. The first-order chi connectivity index (χ1) is 13.0. The van der Waals surface area contributed by atoms with Gasteiger partial charge in [-0.1, -0.05) is 67.1 Å². The van der Waals surface area contributed by atoms with E-state index in [4.69, 9.17) is 13.9 Å². The first-order valence-corrected chi connectivity index (χ1v) is 13.5. The molecule has 0 spiro atoms. The van der Waals surface area contributed by atoms with Gasteiger partial charge in [-0.2, -0.15) is 0 Å². The molecule has 144 valence electrons. The van der Waals surface area contributed by atoms with E-state index in [2.05, 4.69) is 62.1 Å². The fourth-order valence-corrected chi connectivity index (χ4v) is 5.82. The summed E-state index contributed by atoms with van der Waals surface area (Å²) in [7, 11) is -1.80. The van der Waals surface area contributed by atoms with Crippen molar-refractivity contribution in [3.63, 3.8) is 0 Å². The Balaban J connectivity index is 1.76. The molecule has 2 aliphatic rings. The smallest absolute Gasteiger partial charge is 0.187 e. The summed E-state index contributed by atoms with van der Waals surface area (Å²) < 4.78 is 20.1. The van der Waals surface area contributed by atoms with Crippen molar-refractivity contribution < 1.29 is 13.9 Å². The molecule has 27 heavy (non-hydrogen) atoms. The van der Waals surface area contributed by atoms with E-state index >= 15 is 0 Å². The lowest BCUT2D eigenvalue weighted by atomic mass is 9.77. The van der Waals surface area contributed by atoms with Crippen molar-refractivity contribution >= 4 is 8.32 Å². The molecule has 1 saturated carbocycles. The van der Waals surface area contributed by atoms with Gasteiger partial charge >= 0.3 is 0 Å². The lowest BCUT2D eigenvalue weighted by Crippen LogP contribution is -2.57. The van der Waals surface area contributed by atoms with Gasteiger partial charge in [-0.3, -0.25) is 0 Å². The summed E-state index contributed by atoms with van der Waals surface area (Å²) in [5.41, 5.74) is 2.28. The van der Waals surface area contributed by atoms with Crippen molar-refractivity contribution in [3.8, 4) is 0 Å². The normalized spacial score (nSPS) is 31.3. The molecule has 0 aromatic heterocycles. The Kier molecular flexibility index (Phi) is 5.25. The van der Waals surface area contributed by atoms with E-state index in [0.717, 1.165) is 24.8 Å². The van der Waals surface area contributed by atoms with E-state index in [1.54, 1.807) is 0 Å². The average molecular weight is 383 g/mol. The fourth-order valence-electron chi connectivity index (χ4n) is 4.49. The summed E-state index contributed by atoms with van der Waals surface area (Å²) in [6.45, 7) is 6.75. The Morgan fingerprint density at radius 1 is 0.889 bits per heavy atom. The van der Waals surface area contributed by atoms with Gasteiger partial charge in [0.1, 0.15) is 0 Å². The van der Waals surface area contributed by atoms with Gasteiger partial charge in [-0.25, -0.2) is 0 Å². The fraction of sp³-hybridized carbons (Fsp3) is 0.478. The van der Waals surface area contributed by atoms with E-state index in [9.17, 15) is 0 Å². The topological polar surface area (TPSA) is 27.7 Å². The van der Waals surface area contributed by atoms with Gasteiger partial charge in [0.15, 0.2) is 20.4 Å². The summed E-state index contributed by atoms with van der Waals surface area (Å²) in [5.74, 6) is -0.331. The largest absolute Gasteiger partial charge is 0.390 e. The molecule has 0 amide bonds. The van der Waals surface area contributed by atoms with E-state index < -0.39 is 20.4 Å². The summed E-state index contributed by atoms with van der Waals surface area (Å²) >= 11 is 0. The molecule has 0 bridgehead atoms. The monoisotopic (exact) mass is 382 g/mol. The van der Waals surface area contributed by atoms with Crippen LogP contribution in [-0.2, 0) is 13.9 Å². The predicted molar refractivity (Wildman–Crippen MR) is 110 cm³/mol. The molecule has 3 nitrogen and oxygen atoms in total. The number of hydrogen-bond acceptors (Lipinski definition) is 3. The maximum atomic E-state index is 6.81. The Morgan fingerprint density at radius 2 is 1.52 bits per heavy atom. The summed E-state index contributed by atoms with van der Waals surface area (Å²) in [6, 6.07) is 20.9. The van der Waals surface area contributed by atoms with Crippen LogP contribution in [0.1, 0.15) is 49.2 Å². The molecule has 4 heteroatoms. The first-order valence-electron chi connectivity index (χ1n) is 10.1. The van der Waals surface area contributed by atoms with Crippen LogP contribution < -0.4 is 0 Å². The van der Waals surface area contributed by atoms with Gasteiger partial charge in [-0.15, -0.1) is 0 Å². The molecule has 1 aliphatic carbocycles. The molecular weight excluding hydrogens is 352 g/mol. The number of ether oxygens (including phenoxy) is 2. The molecule has 1 heterocycles. The molecule has 0 N–H and O–H groups in total. The second kappa shape index (κ2) is 7.51. The Hall–Kier alpha value is -1.46. The predicted octanol–water partition coefficient (Wildman–Crippen LogP) is 6.21. The number of fused-ring (bicyclic) bond motifs is 1. The highest BCUT2D eigenvalue weighted by Crippen LogP contribution is 2.54. The Labute approximate surface area is 163 Å². The second-order valence-electron chi connectivity index (χ2n) is 8.71. The maximum absolute atomic E-state index is 6.81. The van der Waals surface area contributed by atoms with Crippen molar-refractivity contribution in [2.75, 3.05) is 0 Å². The minimum atomic E-state index is -1.80. The van der Waals surface area contributed by atoms with Crippen LogP contribution in [0.25, 0.3) is 0 Å². The second-order valence-corrected chi connectivity index (χ2v) is 13.1. The van der Waals surface area contributed by atoms with Crippen LogP contribution in [0.4, 0.5) is 0 Å². The zero-order valence-electron chi connectivity index (χ0n) is 16.6. The van der Waals surface area contributed by atoms with E-state index in [-0.39, 0.29) is 12.0 Å². The van der Waals surface area contributed by atoms with E-state index in [1.807, 2.05) is 18.2 Å². The molecule has 4 atom stereocenters. The van der Waals surface area contributed by atoms with Gasteiger partial charge in [0.2, 0.25) is 0 Å². The third-order valence-electron chi connectivity index (χ3n) is 5.48. The molecular formula is C23H30O3Si. The number of hydrogen-bond donors (Lipinski definition) is 0. The van der Waals surface area contributed by atoms with Crippen molar-refractivity contribution in [1.29, 1.82) is 0 Å². The molecule has 1 aliphatic heterocycles. The highest BCUT2D eigenvalue weighted by Gasteiger charge is 2.54. The van der Waals surface area contributed by atoms with Crippen LogP contribution in [0.15, 0.2) is 60.7 Å². The standard InChI is InChI=1S/C23H30O3Si/c1-27(2,3)26-23-17-11-10-16-20(23)21(18-12-6-4-7-13-18)24-22(25-23)19-14-8-5-9-15-19/h4-9,12-15,20-22H,10-11,16-17H2,1-3H3. The van der Waals surface area contributed by atoms with Crippen LogP contribution >= 0.6 is 0 Å². The average Bonchev–Trinajstić information content (AvgIpc) is 2.67. The third-order valence-corrected chi connectivity index (χ3v) is 6.43. The van der Waals surface area contributed by atoms with Crippen LogP contribution in [0.3, 0.4) is 0 Å². The highest BCUT2D eigenvalue weighted by molar-refractivity contribution is 6.69. The lowest BCUT2D eigenvalue weighted by Gasteiger charge is -2.54. The minimum Gasteiger partial charge on any atom is -0.390 e. The molecule has 4 rings (SSSR count). The molecule has 1 saturated heterocycles. The zero-order chi connectivity index (χ0) is 18.9. The van der Waals surface area contributed by atoms with Crippen molar-refractivity contribution in [3.05, 3.63) is 71.8 Å². The minimum absolute atomic E-state index is 0.0122. The van der Waals surface area contributed by atoms with Crippen LogP contribution in [0, 0.1) is 5.92 Å². The molecule has 2 aromatic carbocycles. The maximum Gasteiger partial charge on any atom is 0.187 e. The first kappa shape index (κ1) is 18.9. The van der Waals surface area contributed by atoms with Crippen molar-refractivity contribution in [2.24, 2.45) is 5.92 Å². The summed E-state index contributed by atoms with van der Waals surface area (Å²) in [6.07, 6.45) is 3.95. The summed E-state index contributed by atoms with van der Waals surface area (Å²) in [4.78, 5) is 0. The molecule has 4 unspecified atom stereocenters. The third kappa shape index (κ3) is 4.04. The van der Waals surface area contributed by atoms with E-state index in [1.165, 1.54) is 12.0 Å². The van der Waals surface area contributed by atoms with Crippen molar-refractivity contribution in [1.82, 2.24) is 0 Å². The van der Waals surface area contributed by atoms with Gasteiger partial charge in [0.25, 0.3) is 0 Å². The summed E-state index contributed by atoms with van der Waals surface area (Å²) in [5, 5.41) is 0. The van der Waals surface area contributed by atoms with Gasteiger partial charge in [0, 0.05) is 17.9 Å². The van der Waals surface area contributed by atoms with Crippen molar-refractivity contribution in [2.45, 2.75) is 63.5 Å². The van der Waals surface area contributed by atoms with Crippen LogP contribution in [0.5, 0.6) is 0 Å². The van der Waals surface area contributed by atoms with Crippen LogP contribution in [0.2, 0.25) is 19.6 Å². The van der Waals surface area contributed by atoms with Crippen LogP contribution in [-0.4, -0.2) is 14.1 Å². The van der Waals surface area contributed by atoms with Gasteiger partial charge < -0.3 is 13.9 Å². The highest BCUT2D eigenvalue weighted by atomic mass is 28.4. The molecule has 2 fully saturated rings. The Morgan fingerprint density at radius 3 is 2.15 bits per heavy atom. The molecule has 2 aromatic rings. The number of benzene rings is 2. The van der Waals surface area contributed by atoms with E-state index in [0.29, 0.717) is 0 Å². The number of rotatable bonds is 4. The van der Waals surface area contributed by atoms with Gasteiger partial charge in [0.05, 0.1) is 6.10 Å². The quantitative estimate of drug-likeness (QED) is 0.588. The Bertz CT molecular complexity index is 743. The van der Waals surface area contributed by atoms with Gasteiger partial charge in [-0.05, 0) is 38.0 Å².